The molecule has 2 N–H and O–H groups in total. The fourth-order valence-electron chi connectivity index (χ4n) is 4.04. The Bertz CT molecular complexity index is 835. The number of anilines is 4. The molecule has 28 heavy (non-hydrogen) atoms. The first kappa shape index (κ1) is 18.7. The summed E-state index contributed by atoms with van der Waals surface area (Å²) in [6.07, 6.45) is 4.69. The zero-order chi connectivity index (χ0) is 19.8. The van der Waals surface area contributed by atoms with Crippen molar-refractivity contribution in [3.63, 3.8) is 0 Å². The van der Waals surface area contributed by atoms with Crippen molar-refractivity contribution < 1.29 is 4.74 Å². The SMILES string of the molecule is CCC1N(C)c2c(-c3cnc(N)nc3)nc(N3CCOCC3)nc2N1C(C)C. The van der Waals surface area contributed by atoms with Crippen LogP contribution in [0.25, 0.3) is 11.3 Å². The molecule has 2 aliphatic rings. The van der Waals surface area contributed by atoms with Crippen LogP contribution in [0.1, 0.15) is 27.2 Å². The molecule has 2 aromatic heterocycles. The highest BCUT2D eigenvalue weighted by molar-refractivity contribution is 5.88. The van der Waals surface area contributed by atoms with E-state index in [1.165, 1.54) is 0 Å². The highest BCUT2D eigenvalue weighted by atomic mass is 16.5. The van der Waals surface area contributed by atoms with E-state index in [4.69, 9.17) is 20.4 Å². The van der Waals surface area contributed by atoms with Crippen molar-refractivity contribution in [1.29, 1.82) is 0 Å². The zero-order valence-electron chi connectivity index (χ0n) is 17.0. The first-order valence-corrected chi connectivity index (χ1v) is 9.85. The maximum atomic E-state index is 5.70. The molecule has 2 aromatic rings. The van der Waals surface area contributed by atoms with Crippen LogP contribution in [0.3, 0.4) is 0 Å². The molecule has 1 atom stereocenters. The molecule has 9 nitrogen and oxygen atoms in total. The van der Waals surface area contributed by atoms with Crippen LogP contribution < -0.4 is 20.4 Å². The van der Waals surface area contributed by atoms with Gasteiger partial charge in [0.1, 0.15) is 17.5 Å². The number of ether oxygens (including phenoxy) is 1. The van der Waals surface area contributed by atoms with Gasteiger partial charge in [-0.15, -0.1) is 0 Å². The Morgan fingerprint density at radius 3 is 2.46 bits per heavy atom. The second kappa shape index (κ2) is 7.38. The third-order valence-electron chi connectivity index (χ3n) is 5.38. The number of fused-ring (bicyclic) bond motifs is 1. The Balaban J connectivity index is 1.90. The van der Waals surface area contributed by atoms with Gasteiger partial charge in [0.2, 0.25) is 11.9 Å². The second-order valence-corrected chi connectivity index (χ2v) is 7.47. The number of aromatic nitrogens is 4. The summed E-state index contributed by atoms with van der Waals surface area (Å²) in [6.45, 7) is 9.54. The molecule has 4 rings (SSSR count). The van der Waals surface area contributed by atoms with E-state index in [0.717, 1.165) is 48.2 Å². The summed E-state index contributed by atoms with van der Waals surface area (Å²) in [4.78, 5) is 25.2. The number of rotatable bonds is 4. The summed E-state index contributed by atoms with van der Waals surface area (Å²) in [6, 6.07) is 0.316. The van der Waals surface area contributed by atoms with Gasteiger partial charge in [0, 0.05) is 44.1 Å². The minimum atomic E-state index is 0.234. The topological polar surface area (TPSA) is 96.5 Å². The Labute approximate surface area is 165 Å². The molecular formula is C19H28N8O. The standard InChI is InChI=1S/C19H28N8O/c1-5-14-25(4)16-15(13-10-21-18(20)22-11-13)23-19(26-6-8-28-9-7-26)24-17(16)27(14)12(2)3/h10-12,14H,5-9H2,1-4H3,(H2,20,21,22). The van der Waals surface area contributed by atoms with Crippen molar-refractivity contribution >= 4 is 23.4 Å². The number of hydrogen-bond donors (Lipinski definition) is 1. The number of nitrogens with zero attached hydrogens (tertiary/aromatic N) is 7. The molecule has 150 valence electrons. The average Bonchev–Trinajstić information content (AvgIpc) is 3.00. The van der Waals surface area contributed by atoms with Crippen molar-refractivity contribution in [2.45, 2.75) is 39.4 Å². The molecule has 1 unspecified atom stereocenters. The van der Waals surface area contributed by atoms with E-state index in [1.807, 2.05) is 0 Å². The maximum absolute atomic E-state index is 5.70. The lowest BCUT2D eigenvalue weighted by atomic mass is 10.2. The van der Waals surface area contributed by atoms with Crippen LogP contribution >= 0.6 is 0 Å². The van der Waals surface area contributed by atoms with Crippen LogP contribution in [0.15, 0.2) is 12.4 Å². The maximum Gasteiger partial charge on any atom is 0.228 e. The smallest absolute Gasteiger partial charge is 0.228 e. The molecule has 2 aliphatic heterocycles. The molecule has 1 fully saturated rings. The first-order chi connectivity index (χ1) is 13.5. The van der Waals surface area contributed by atoms with Gasteiger partial charge < -0.3 is 25.2 Å². The third-order valence-corrected chi connectivity index (χ3v) is 5.38. The number of hydrogen-bond acceptors (Lipinski definition) is 9. The molecule has 0 radical (unpaired) electrons. The lowest BCUT2D eigenvalue weighted by Crippen LogP contribution is -2.44. The summed E-state index contributed by atoms with van der Waals surface area (Å²) in [5.74, 6) is 1.95. The minimum absolute atomic E-state index is 0.234. The highest BCUT2D eigenvalue weighted by Gasteiger charge is 2.39. The Morgan fingerprint density at radius 1 is 1.18 bits per heavy atom. The van der Waals surface area contributed by atoms with Gasteiger partial charge >= 0.3 is 0 Å². The molecule has 0 saturated carbocycles. The first-order valence-electron chi connectivity index (χ1n) is 9.85. The summed E-state index contributed by atoms with van der Waals surface area (Å²) < 4.78 is 5.50. The molecule has 1 saturated heterocycles. The molecule has 0 spiro atoms. The quantitative estimate of drug-likeness (QED) is 0.845. The lowest BCUT2D eigenvalue weighted by molar-refractivity contribution is 0.122. The van der Waals surface area contributed by atoms with Crippen LogP contribution in [0.4, 0.5) is 23.4 Å². The van der Waals surface area contributed by atoms with E-state index in [9.17, 15) is 0 Å². The molecule has 9 heteroatoms. The van der Waals surface area contributed by atoms with Crippen molar-refractivity contribution in [2.75, 3.05) is 53.8 Å². The highest BCUT2D eigenvalue weighted by Crippen LogP contribution is 2.45. The van der Waals surface area contributed by atoms with Crippen molar-refractivity contribution in [3.05, 3.63) is 12.4 Å². The predicted octanol–water partition coefficient (Wildman–Crippen LogP) is 1.75. The van der Waals surface area contributed by atoms with Gasteiger partial charge in [-0.3, -0.25) is 0 Å². The number of nitrogen functional groups attached to an aromatic ring is 1. The van der Waals surface area contributed by atoms with Crippen molar-refractivity contribution in [3.8, 4) is 11.3 Å². The van der Waals surface area contributed by atoms with Crippen LogP contribution in [-0.2, 0) is 4.74 Å². The summed E-state index contributed by atoms with van der Waals surface area (Å²) >= 11 is 0. The monoisotopic (exact) mass is 384 g/mol. The van der Waals surface area contributed by atoms with Crippen molar-refractivity contribution in [2.24, 2.45) is 0 Å². The Hall–Kier alpha value is -2.68. The lowest BCUT2D eigenvalue weighted by Gasteiger charge is -2.32. The van der Waals surface area contributed by atoms with Crippen molar-refractivity contribution in [1.82, 2.24) is 19.9 Å². The van der Waals surface area contributed by atoms with E-state index in [0.29, 0.717) is 19.3 Å². The van der Waals surface area contributed by atoms with Gasteiger partial charge in [0.15, 0.2) is 5.82 Å². The zero-order valence-corrected chi connectivity index (χ0v) is 17.0. The molecule has 0 amide bonds. The van der Waals surface area contributed by atoms with E-state index in [1.54, 1.807) is 12.4 Å². The molecule has 0 aromatic carbocycles. The van der Waals surface area contributed by atoms with Crippen LogP contribution in [0.2, 0.25) is 0 Å². The molecule has 4 heterocycles. The number of nitrogens with two attached hydrogens (primary N) is 1. The van der Waals surface area contributed by atoms with Gasteiger partial charge in [-0.1, -0.05) is 6.92 Å². The van der Waals surface area contributed by atoms with Gasteiger partial charge in [-0.25, -0.2) is 15.0 Å². The van der Waals surface area contributed by atoms with Crippen LogP contribution in [-0.4, -0.2) is 65.5 Å². The fourth-order valence-corrected chi connectivity index (χ4v) is 4.04. The summed E-state index contributed by atoms with van der Waals surface area (Å²) in [5, 5.41) is 0. The van der Waals surface area contributed by atoms with E-state index >= 15 is 0 Å². The van der Waals surface area contributed by atoms with E-state index in [2.05, 4.69) is 52.5 Å². The van der Waals surface area contributed by atoms with Crippen LogP contribution in [0.5, 0.6) is 0 Å². The second-order valence-electron chi connectivity index (χ2n) is 7.47. The van der Waals surface area contributed by atoms with E-state index in [-0.39, 0.29) is 12.1 Å². The molecule has 0 bridgehead atoms. The number of morpholine rings is 1. The fraction of sp³-hybridized carbons (Fsp3) is 0.579. The van der Waals surface area contributed by atoms with Gasteiger partial charge in [-0.05, 0) is 20.3 Å². The normalized spacial score (nSPS) is 19.5. The van der Waals surface area contributed by atoms with E-state index < -0.39 is 0 Å². The van der Waals surface area contributed by atoms with Gasteiger partial charge in [0.05, 0.1) is 13.2 Å². The van der Waals surface area contributed by atoms with Gasteiger partial charge in [0.25, 0.3) is 0 Å². The molecule has 0 aliphatic carbocycles. The summed E-state index contributed by atoms with van der Waals surface area (Å²) in [5.41, 5.74) is 8.41. The summed E-state index contributed by atoms with van der Waals surface area (Å²) in [7, 11) is 2.11. The third kappa shape index (κ3) is 3.09. The molecular weight excluding hydrogens is 356 g/mol. The minimum Gasteiger partial charge on any atom is -0.378 e. The Kier molecular flexibility index (Phi) is 4.92. The largest absolute Gasteiger partial charge is 0.378 e. The van der Waals surface area contributed by atoms with Gasteiger partial charge in [-0.2, -0.15) is 4.98 Å². The predicted molar refractivity (Wildman–Crippen MR) is 111 cm³/mol. The van der Waals surface area contributed by atoms with Crippen LogP contribution in [0, 0.1) is 0 Å². The average molecular weight is 384 g/mol. The Morgan fingerprint density at radius 2 is 1.86 bits per heavy atom.